The maximum Gasteiger partial charge on any atom is 0.220 e. The fourth-order valence-corrected chi connectivity index (χ4v) is 2.71. The second-order valence-electron chi connectivity index (χ2n) is 6.09. The van der Waals surface area contributed by atoms with Gasteiger partial charge >= 0.3 is 0 Å². The van der Waals surface area contributed by atoms with Gasteiger partial charge in [-0.1, -0.05) is 41.5 Å². The van der Waals surface area contributed by atoms with Crippen LogP contribution in [0.25, 0.3) is 0 Å². The molecule has 0 spiro atoms. The van der Waals surface area contributed by atoms with Crippen molar-refractivity contribution in [1.29, 1.82) is 0 Å². The van der Waals surface area contributed by atoms with Crippen LogP contribution in [0.1, 0.15) is 34.8 Å². The van der Waals surface area contributed by atoms with E-state index in [-0.39, 0.29) is 12.5 Å². The van der Waals surface area contributed by atoms with Gasteiger partial charge in [-0.3, -0.25) is 4.79 Å². The summed E-state index contributed by atoms with van der Waals surface area (Å²) in [7, 11) is 1.60. The quantitative estimate of drug-likeness (QED) is 0.821. The first-order valence-corrected chi connectivity index (χ1v) is 8.14. The third kappa shape index (κ3) is 5.39. The highest BCUT2D eigenvalue weighted by Crippen LogP contribution is 2.17. The highest BCUT2D eigenvalue weighted by molar-refractivity contribution is 5.76. The molecule has 0 aliphatic carbocycles. The smallest absolute Gasteiger partial charge is 0.220 e. The number of aryl methyl sites for hydroxylation is 3. The second kappa shape index (κ2) is 8.50. The molecular formula is C20H25NO3. The van der Waals surface area contributed by atoms with Crippen LogP contribution in [0.4, 0.5) is 0 Å². The lowest BCUT2D eigenvalue weighted by Crippen LogP contribution is -2.28. The lowest BCUT2D eigenvalue weighted by Gasteiger charge is -2.13. The summed E-state index contributed by atoms with van der Waals surface area (Å²) in [6, 6.07) is 13.5. The lowest BCUT2D eigenvalue weighted by atomic mass is 10.0. The minimum Gasteiger partial charge on any atom is -0.497 e. The van der Waals surface area contributed by atoms with Crippen LogP contribution in [-0.2, 0) is 11.2 Å². The first kappa shape index (κ1) is 18.0. The summed E-state index contributed by atoms with van der Waals surface area (Å²) in [5.41, 5.74) is 4.34. The van der Waals surface area contributed by atoms with Crippen LogP contribution < -0.4 is 10.1 Å². The van der Waals surface area contributed by atoms with Gasteiger partial charge in [-0.05, 0) is 43.5 Å². The van der Waals surface area contributed by atoms with Crippen LogP contribution in [0.2, 0.25) is 0 Å². The van der Waals surface area contributed by atoms with Gasteiger partial charge in [0.25, 0.3) is 0 Å². The molecule has 0 fully saturated rings. The van der Waals surface area contributed by atoms with Crippen LogP contribution in [0.5, 0.6) is 5.75 Å². The Morgan fingerprint density at radius 1 is 1.12 bits per heavy atom. The molecule has 0 aliphatic rings. The number of hydrogen-bond donors (Lipinski definition) is 2. The van der Waals surface area contributed by atoms with Crippen LogP contribution in [-0.4, -0.2) is 24.7 Å². The normalized spacial score (nSPS) is 11.8. The number of hydrogen-bond acceptors (Lipinski definition) is 3. The second-order valence-corrected chi connectivity index (χ2v) is 6.09. The van der Waals surface area contributed by atoms with Crippen LogP contribution in [0.15, 0.2) is 42.5 Å². The number of benzene rings is 2. The molecule has 1 unspecified atom stereocenters. The Morgan fingerprint density at radius 3 is 2.33 bits per heavy atom. The van der Waals surface area contributed by atoms with E-state index in [0.717, 1.165) is 11.3 Å². The van der Waals surface area contributed by atoms with Crippen molar-refractivity contribution in [1.82, 2.24) is 5.32 Å². The van der Waals surface area contributed by atoms with Crippen molar-refractivity contribution in [2.75, 3.05) is 13.7 Å². The molecular weight excluding hydrogens is 302 g/mol. The van der Waals surface area contributed by atoms with Crippen molar-refractivity contribution in [2.45, 2.75) is 32.8 Å². The third-order valence-electron chi connectivity index (χ3n) is 3.92. The summed E-state index contributed by atoms with van der Waals surface area (Å²) < 4.78 is 5.09. The molecule has 2 rings (SSSR count). The maximum absolute atomic E-state index is 12.0. The molecule has 0 heterocycles. The molecule has 0 saturated carbocycles. The summed E-state index contributed by atoms with van der Waals surface area (Å²) in [6.07, 6.45) is 0.395. The predicted molar refractivity (Wildman–Crippen MR) is 95.2 cm³/mol. The number of aliphatic hydroxyl groups excluding tert-OH is 1. The van der Waals surface area contributed by atoms with Gasteiger partial charge in [-0.2, -0.15) is 0 Å². The zero-order chi connectivity index (χ0) is 17.5. The fourth-order valence-electron chi connectivity index (χ4n) is 2.71. The number of aliphatic hydroxyl groups is 1. The number of carbonyl (C=O) groups excluding carboxylic acids is 1. The number of rotatable bonds is 7. The minimum atomic E-state index is -0.721. The molecule has 1 atom stereocenters. The van der Waals surface area contributed by atoms with Crippen molar-refractivity contribution >= 4 is 5.91 Å². The average Bonchev–Trinajstić information content (AvgIpc) is 2.57. The van der Waals surface area contributed by atoms with Crippen molar-refractivity contribution in [2.24, 2.45) is 0 Å². The first-order valence-electron chi connectivity index (χ1n) is 8.14. The Labute approximate surface area is 143 Å². The van der Waals surface area contributed by atoms with Crippen molar-refractivity contribution in [3.8, 4) is 5.75 Å². The molecule has 2 aromatic rings. The molecule has 0 bridgehead atoms. The molecule has 0 saturated heterocycles. The summed E-state index contributed by atoms with van der Waals surface area (Å²) in [5, 5.41) is 12.9. The number of nitrogens with one attached hydrogen (secondary N) is 1. The van der Waals surface area contributed by atoms with Gasteiger partial charge in [0, 0.05) is 13.0 Å². The van der Waals surface area contributed by atoms with E-state index in [1.807, 2.05) is 0 Å². The summed E-state index contributed by atoms with van der Waals surface area (Å²) in [5.74, 6) is 0.685. The van der Waals surface area contributed by atoms with Gasteiger partial charge in [-0.25, -0.2) is 0 Å². The number of methoxy groups -OCH3 is 1. The number of carbonyl (C=O) groups is 1. The zero-order valence-electron chi connectivity index (χ0n) is 14.5. The number of amides is 1. The fraction of sp³-hybridized carbons (Fsp3) is 0.350. The molecule has 4 heteroatoms. The molecule has 24 heavy (non-hydrogen) atoms. The average molecular weight is 327 g/mol. The van der Waals surface area contributed by atoms with E-state index in [4.69, 9.17) is 4.74 Å². The van der Waals surface area contributed by atoms with E-state index in [2.05, 4.69) is 37.4 Å². The Morgan fingerprint density at radius 2 is 1.75 bits per heavy atom. The van der Waals surface area contributed by atoms with Gasteiger partial charge in [0.1, 0.15) is 5.75 Å². The molecule has 128 valence electrons. The predicted octanol–water partition coefficient (Wildman–Crippen LogP) is 3.09. The van der Waals surface area contributed by atoms with Crippen molar-refractivity contribution < 1.29 is 14.6 Å². The summed E-state index contributed by atoms with van der Waals surface area (Å²) >= 11 is 0. The molecule has 0 aliphatic heterocycles. The lowest BCUT2D eigenvalue weighted by molar-refractivity contribution is -0.121. The number of ether oxygens (including phenoxy) is 1. The van der Waals surface area contributed by atoms with Crippen LogP contribution in [0.3, 0.4) is 0 Å². The van der Waals surface area contributed by atoms with Gasteiger partial charge < -0.3 is 15.2 Å². The molecule has 0 aromatic heterocycles. The van der Waals surface area contributed by atoms with Gasteiger partial charge in [0.15, 0.2) is 0 Å². The highest BCUT2D eigenvalue weighted by atomic mass is 16.5. The molecule has 2 N–H and O–H groups in total. The van der Waals surface area contributed by atoms with Gasteiger partial charge in [0.2, 0.25) is 5.91 Å². The molecule has 4 nitrogen and oxygen atoms in total. The Hall–Kier alpha value is -2.33. The van der Waals surface area contributed by atoms with Gasteiger partial charge in [-0.15, -0.1) is 0 Å². The van der Waals surface area contributed by atoms with Gasteiger partial charge in [0.05, 0.1) is 13.2 Å². The van der Waals surface area contributed by atoms with E-state index in [1.54, 1.807) is 31.4 Å². The van der Waals surface area contributed by atoms with E-state index in [1.165, 1.54) is 16.7 Å². The van der Waals surface area contributed by atoms with Crippen LogP contribution >= 0.6 is 0 Å². The Kier molecular flexibility index (Phi) is 6.38. The SMILES string of the molecule is COc1ccc(C(O)CNC(=O)CCc2cc(C)cc(C)c2)cc1. The van der Waals surface area contributed by atoms with E-state index in [9.17, 15) is 9.90 Å². The molecule has 2 aromatic carbocycles. The largest absolute Gasteiger partial charge is 0.497 e. The summed E-state index contributed by atoms with van der Waals surface area (Å²) in [6.45, 7) is 4.32. The molecule has 1 amide bonds. The third-order valence-corrected chi connectivity index (χ3v) is 3.92. The van der Waals surface area contributed by atoms with E-state index < -0.39 is 6.10 Å². The highest BCUT2D eigenvalue weighted by Gasteiger charge is 2.10. The van der Waals surface area contributed by atoms with Crippen LogP contribution in [0, 0.1) is 13.8 Å². The van der Waals surface area contributed by atoms with E-state index >= 15 is 0 Å². The monoisotopic (exact) mass is 327 g/mol. The Bertz CT molecular complexity index is 660. The van der Waals surface area contributed by atoms with Crippen molar-refractivity contribution in [3.63, 3.8) is 0 Å². The van der Waals surface area contributed by atoms with Crippen molar-refractivity contribution in [3.05, 3.63) is 64.7 Å². The first-order chi connectivity index (χ1) is 11.5. The maximum atomic E-state index is 12.0. The topological polar surface area (TPSA) is 58.6 Å². The standard InChI is InChI=1S/C20H25NO3/c1-14-10-15(2)12-16(11-14)4-9-20(23)21-13-19(22)17-5-7-18(24-3)8-6-17/h5-8,10-12,19,22H,4,9,13H2,1-3H3,(H,21,23). The Balaban J connectivity index is 1.79. The molecule has 0 radical (unpaired) electrons. The van der Waals surface area contributed by atoms with E-state index in [0.29, 0.717) is 12.8 Å². The zero-order valence-corrected chi connectivity index (χ0v) is 14.5. The minimum absolute atomic E-state index is 0.0540. The summed E-state index contributed by atoms with van der Waals surface area (Å²) in [4.78, 5) is 12.0.